The zero-order valence-electron chi connectivity index (χ0n) is 19.3. The maximum Gasteiger partial charge on any atom is 0.410 e. The zero-order chi connectivity index (χ0) is 22.8. The molecule has 8 nitrogen and oxygen atoms in total. The highest BCUT2D eigenvalue weighted by Gasteiger charge is 2.31. The number of hydrogen-bond acceptors (Lipinski definition) is 6. The van der Waals surface area contributed by atoms with E-state index in [9.17, 15) is 4.79 Å². The summed E-state index contributed by atoms with van der Waals surface area (Å²) in [5.41, 5.74) is 0.965. The van der Waals surface area contributed by atoms with Crippen LogP contribution in [0.25, 0.3) is 11.2 Å². The summed E-state index contributed by atoms with van der Waals surface area (Å²) in [6.07, 6.45) is 3.84. The minimum atomic E-state index is -1.11. The first-order chi connectivity index (χ1) is 14.4. The lowest BCUT2D eigenvalue weighted by Gasteiger charge is -2.24. The molecule has 1 saturated heterocycles. The maximum absolute atomic E-state index is 12.2. The fourth-order valence-electron chi connectivity index (χ4n) is 3.18. The molecule has 0 radical (unpaired) electrons. The number of carbonyl (C=O) groups is 1. The molecule has 10 heteroatoms. The van der Waals surface area contributed by atoms with E-state index in [-0.39, 0.29) is 12.2 Å². The van der Waals surface area contributed by atoms with E-state index in [0.717, 1.165) is 34.7 Å². The van der Waals surface area contributed by atoms with Gasteiger partial charge in [-0.15, -0.1) is 0 Å². The van der Waals surface area contributed by atoms with E-state index in [1.54, 1.807) is 11.1 Å². The number of nitrogens with zero attached hydrogens (tertiary/aromatic N) is 4. The second kappa shape index (κ2) is 9.46. The smallest absolute Gasteiger partial charge is 0.410 e. The lowest BCUT2D eigenvalue weighted by atomic mass is 10.2. The molecule has 3 heterocycles. The average molecular weight is 514 g/mol. The monoisotopic (exact) mass is 512 g/mol. The number of carbonyl (C=O) groups excluding carboxylic acids is 1. The number of ether oxygens (including phenoxy) is 3. The van der Waals surface area contributed by atoms with Crippen LogP contribution in [0.15, 0.2) is 16.9 Å². The van der Waals surface area contributed by atoms with Crippen LogP contribution >= 0.6 is 15.9 Å². The molecule has 0 spiro atoms. The molecule has 0 bridgehead atoms. The number of hydrogen-bond donors (Lipinski definition) is 0. The van der Waals surface area contributed by atoms with Gasteiger partial charge in [0.2, 0.25) is 5.88 Å². The Balaban J connectivity index is 1.59. The van der Waals surface area contributed by atoms with Crippen molar-refractivity contribution in [3.05, 3.63) is 16.9 Å². The fraction of sp³-hybridized carbons (Fsp3) is 0.667. The van der Waals surface area contributed by atoms with E-state index < -0.39 is 13.7 Å². The van der Waals surface area contributed by atoms with Gasteiger partial charge in [-0.1, -0.05) is 19.6 Å². The second-order valence-electron chi connectivity index (χ2n) is 10.1. The van der Waals surface area contributed by atoms with Gasteiger partial charge >= 0.3 is 6.09 Å². The molecule has 0 unspecified atom stereocenters. The quantitative estimate of drug-likeness (QED) is 0.387. The minimum absolute atomic E-state index is 0.134. The van der Waals surface area contributed by atoms with Crippen LogP contribution in [-0.4, -0.2) is 65.0 Å². The van der Waals surface area contributed by atoms with Gasteiger partial charge in [-0.2, -0.15) is 0 Å². The highest BCUT2D eigenvalue weighted by atomic mass is 79.9. The van der Waals surface area contributed by atoms with Crippen molar-refractivity contribution in [2.45, 2.75) is 71.3 Å². The predicted octanol–water partition coefficient (Wildman–Crippen LogP) is 4.89. The van der Waals surface area contributed by atoms with Crippen LogP contribution in [0.5, 0.6) is 5.88 Å². The van der Waals surface area contributed by atoms with Crippen LogP contribution in [0.4, 0.5) is 4.79 Å². The van der Waals surface area contributed by atoms with Crippen molar-refractivity contribution in [3.8, 4) is 5.88 Å². The molecule has 3 rings (SSSR count). The minimum Gasteiger partial charge on any atom is -0.471 e. The van der Waals surface area contributed by atoms with Gasteiger partial charge in [0.1, 0.15) is 24.0 Å². The summed E-state index contributed by atoms with van der Waals surface area (Å²) < 4.78 is 20.1. The van der Waals surface area contributed by atoms with Gasteiger partial charge < -0.3 is 23.7 Å². The normalized spacial score (nSPS) is 17.4. The number of fused-ring (bicyclic) bond motifs is 1. The van der Waals surface area contributed by atoms with Gasteiger partial charge in [-0.3, -0.25) is 0 Å². The van der Waals surface area contributed by atoms with Gasteiger partial charge in [0.25, 0.3) is 0 Å². The molecule has 1 aliphatic rings. The van der Waals surface area contributed by atoms with E-state index >= 15 is 0 Å². The Labute approximate surface area is 193 Å². The number of aromatic nitrogens is 3. The highest BCUT2D eigenvalue weighted by molar-refractivity contribution is 9.10. The first-order valence-electron chi connectivity index (χ1n) is 10.6. The molecule has 31 heavy (non-hydrogen) atoms. The molecule has 1 fully saturated rings. The lowest BCUT2D eigenvalue weighted by molar-refractivity contribution is 0.0275. The average Bonchev–Trinajstić information content (AvgIpc) is 3.22. The van der Waals surface area contributed by atoms with E-state index in [1.807, 2.05) is 31.5 Å². The third kappa shape index (κ3) is 6.91. The van der Waals surface area contributed by atoms with Crippen LogP contribution in [0, 0.1) is 0 Å². The molecule has 1 atom stereocenters. The van der Waals surface area contributed by atoms with E-state index in [1.165, 1.54) is 0 Å². The molecule has 0 saturated carbocycles. The Morgan fingerprint density at radius 1 is 1.32 bits per heavy atom. The van der Waals surface area contributed by atoms with Crippen LogP contribution in [0.2, 0.25) is 25.7 Å². The molecule has 1 amide bonds. The van der Waals surface area contributed by atoms with Gasteiger partial charge in [0.05, 0.1) is 17.2 Å². The first kappa shape index (κ1) is 24.0. The van der Waals surface area contributed by atoms with Gasteiger partial charge in [-0.25, -0.2) is 14.8 Å². The van der Waals surface area contributed by atoms with E-state index in [4.69, 9.17) is 14.2 Å². The van der Waals surface area contributed by atoms with Crippen LogP contribution in [-0.2, 0) is 16.2 Å². The van der Waals surface area contributed by atoms with Crippen molar-refractivity contribution in [1.29, 1.82) is 0 Å². The standard InChI is InChI=1S/C21H33BrN4O4Si/c1-21(2,3)30-20(27)25-8-7-15(12-25)29-17-11-23-19-18(24-17)16(22)13-26(19)14-28-9-10-31(4,5)6/h11,13,15H,7-10,12,14H2,1-6H3/t15-/m0/s1. The summed E-state index contributed by atoms with van der Waals surface area (Å²) in [4.78, 5) is 23.1. The molecule has 2 aromatic heterocycles. The predicted molar refractivity (Wildman–Crippen MR) is 126 cm³/mol. The van der Waals surface area contributed by atoms with Crippen molar-refractivity contribution >= 4 is 41.3 Å². The number of rotatable bonds is 7. The Bertz CT molecular complexity index is 922. The van der Waals surface area contributed by atoms with Crippen molar-refractivity contribution in [3.63, 3.8) is 0 Å². The van der Waals surface area contributed by atoms with Crippen LogP contribution in [0.1, 0.15) is 27.2 Å². The summed E-state index contributed by atoms with van der Waals surface area (Å²) in [6, 6.07) is 1.12. The Morgan fingerprint density at radius 3 is 2.74 bits per heavy atom. The molecule has 1 aliphatic heterocycles. The first-order valence-corrected chi connectivity index (χ1v) is 15.1. The number of halogens is 1. The maximum atomic E-state index is 12.2. The fourth-order valence-corrected chi connectivity index (χ4v) is 4.45. The van der Waals surface area contributed by atoms with Crippen molar-refractivity contribution in [2.24, 2.45) is 0 Å². The highest BCUT2D eigenvalue weighted by Crippen LogP contribution is 2.26. The Hall–Kier alpha value is -1.65. The molecule has 0 aromatic carbocycles. The van der Waals surface area contributed by atoms with E-state index in [0.29, 0.717) is 25.7 Å². The molecule has 172 valence electrons. The zero-order valence-corrected chi connectivity index (χ0v) is 21.9. The molecule has 0 N–H and O–H groups in total. The Kier molecular flexibility index (Phi) is 7.32. The van der Waals surface area contributed by atoms with Crippen molar-refractivity contribution in [2.75, 3.05) is 19.7 Å². The molecular formula is C21H33BrN4O4Si. The molecular weight excluding hydrogens is 480 g/mol. The second-order valence-corrected chi connectivity index (χ2v) is 16.6. The topological polar surface area (TPSA) is 78.7 Å². The largest absolute Gasteiger partial charge is 0.471 e. The lowest BCUT2D eigenvalue weighted by Crippen LogP contribution is -2.36. The third-order valence-corrected chi connectivity index (χ3v) is 7.09. The Morgan fingerprint density at radius 2 is 2.06 bits per heavy atom. The third-order valence-electron chi connectivity index (χ3n) is 4.81. The summed E-state index contributed by atoms with van der Waals surface area (Å²) in [6.45, 7) is 14.9. The van der Waals surface area contributed by atoms with Gasteiger partial charge in [0, 0.05) is 33.8 Å². The van der Waals surface area contributed by atoms with Crippen LogP contribution < -0.4 is 4.74 Å². The SMILES string of the molecule is CC(C)(C)OC(=O)N1CC[C@H](Oc2cnc3c(n2)c(Br)cn3COCC[Si](C)(C)C)C1. The molecule has 2 aromatic rings. The van der Waals surface area contributed by atoms with Gasteiger partial charge in [0.15, 0.2) is 5.65 Å². The summed E-state index contributed by atoms with van der Waals surface area (Å²) >= 11 is 3.56. The summed E-state index contributed by atoms with van der Waals surface area (Å²) in [5.74, 6) is 0.446. The molecule has 0 aliphatic carbocycles. The van der Waals surface area contributed by atoms with Crippen molar-refractivity contribution in [1.82, 2.24) is 19.4 Å². The number of likely N-dealkylation sites (tertiary alicyclic amines) is 1. The van der Waals surface area contributed by atoms with Gasteiger partial charge in [-0.05, 0) is 42.7 Å². The summed E-state index contributed by atoms with van der Waals surface area (Å²) in [5, 5.41) is 0. The van der Waals surface area contributed by atoms with Crippen LogP contribution in [0.3, 0.4) is 0 Å². The van der Waals surface area contributed by atoms with E-state index in [2.05, 4.69) is 45.5 Å². The van der Waals surface area contributed by atoms with Crippen molar-refractivity contribution < 1.29 is 19.0 Å². The number of amides is 1. The summed E-state index contributed by atoms with van der Waals surface area (Å²) in [7, 11) is -1.11.